The highest BCUT2D eigenvalue weighted by Gasteiger charge is 2.30. The molecule has 2 heterocycles. The van der Waals surface area contributed by atoms with E-state index in [1.807, 2.05) is 30.3 Å². The number of rotatable bonds is 6. The van der Waals surface area contributed by atoms with Crippen molar-refractivity contribution in [1.82, 2.24) is 30.0 Å². The lowest BCUT2D eigenvalue weighted by Gasteiger charge is -2.19. The van der Waals surface area contributed by atoms with Gasteiger partial charge in [0, 0.05) is 11.8 Å². The van der Waals surface area contributed by atoms with Crippen LogP contribution in [0, 0.1) is 0 Å². The van der Waals surface area contributed by atoms with Gasteiger partial charge in [-0.2, -0.15) is 9.90 Å². The van der Waals surface area contributed by atoms with E-state index in [0.717, 1.165) is 5.56 Å². The molecule has 1 aromatic carbocycles. The summed E-state index contributed by atoms with van der Waals surface area (Å²) in [6.07, 6.45) is 2.85. The summed E-state index contributed by atoms with van der Waals surface area (Å²) < 4.78 is 1.27. The molecule has 0 aliphatic rings. The zero-order chi connectivity index (χ0) is 19.6. The van der Waals surface area contributed by atoms with Crippen molar-refractivity contribution in [1.29, 1.82) is 0 Å². The minimum atomic E-state index is -1.23. The Morgan fingerprint density at radius 1 is 1.22 bits per heavy atom. The van der Waals surface area contributed by atoms with Crippen molar-refractivity contribution in [2.45, 2.75) is 32.4 Å². The highest BCUT2D eigenvalue weighted by Crippen LogP contribution is 2.18. The van der Waals surface area contributed by atoms with Crippen molar-refractivity contribution in [3.63, 3.8) is 0 Å². The van der Waals surface area contributed by atoms with Gasteiger partial charge in [0.1, 0.15) is 6.04 Å². The number of carbonyl (C=O) groups is 2. The van der Waals surface area contributed by atoms with Gasteiger partial charge in [-0.05, 0) is 26.0 Å². The number of tetrazole rings is 1. The van der Waals surface area contributed by atoms with Crippen molar-refractivity contribution in [3.05, 3.63) is 42.7 Å². The summed E-state index contributed by atoms with van der Waals surface area (Å²) in [5, 5.41) is 28.1. The molecular formula is C17H19N7O3. The van der Waals surface area contributed by atoms with E-state index in [1.54, 1.807) is 6.92 Å². The predicted molar refractivity (Wildman–Crippen MR) is 95.8 cm³/mol. The molecule has 0 saturated heterocycles. The van der Waals surface area contributed by atoms with Crippen LogP contribution in [0.25, 0.3) is 11.4 Å². The Hall–Kier alpha value is -3.56. The summed E-state index contributed by atoms with van der Waals surface area (Å²) in [5.74, 6) is -0.983. The van der Waals surface area contributed by atoms with E-state index in [-0.39, 0.29) is 5.91 Å². The fourth-order valence-electron chi connectivity index (χ4n) is 2.23. The molecule has 2 N–H and O–H groups in total. The molecule has 0 bridgehead atoms. The van der Waals surface area contributed by atoms with Crippen molar-refractivity contribution in [3.8, 4) is 11.4 Å². The highest BCUT2D eigenvalue weighted by molar-refractivity contribution is 5.93. The smallest absolute Gasteiger partial charge is 0.331 e. The summed E-state index contributed by atoms with van der Waals surface area (Å²) >= 11 is 0. The van der Waals surface area contributed by atoms with Crippen LogP contribution in [0.4, 0.5) is 5.69 Å². The first-order chi connectivity index (χ1) is 12.8. The van der Waals surface area contributed by atoms with Gasteiger partial charge in [-0.15, -0.1) is 10.2 Å². The maximum absolute atomic E-state index is 12.5. The quantitative estimate of drug-likeness (QED) is 0.675. The largest absolute Gasteiger partial charge is 0.479 e. The molecule has 3 aromatic rings. The van der Waals surface area contributed by atoms with E-state index in [0.29, 0.717) is 11.5 Å². The Bertz CT molecular complexity index is 962. The standard InChI is InChI=1S/C17H19N7O3/c1-11(24-21-14(20-22-24)12-7-5-4-6-8-12)15(25)19-13-9-18-23(10-13)17(2,3)16(26)27/h4-11H,1-3H3,(H,19,25)(H,26,27). The average molecular weight is 369 g/mol. The van der Waals surface area contributed by atoms with Gasteiger partial charge in [-0.1, -0.05) is 30.3 Å². The van der Waals surface area contributed by atoms with Gasteiger partial charge in [0.15, 0.2) is 5.54 Å². The topological polar surface area (TPSA) is 128 Å². The second-order valence-corrected chi connectivity index (χ2v) is 6.50. The molecular weight excluding hydrogens is 350 g/mol. The summed E-state index contributed by atoms with van der Waals surface area (Å²) in [6.45, 7) is 4.67. The number of aromatic nitrogens is 6. The van der Waals surface area contributed by atoms with Crippen molar-refractivity contribution in [2.75, 3.05) is 5.32 Å². The molecule has 3 rings (SSSR count). The average Bonchev–Trinajstić information content (AvgIpc) is 3.31. The van der Waals surface area contributed by atoms with E-state index >= 15 is 0 Å². The van der Waals surface area contributed by atoms with Crippen LogP contribution in [0.2, 0.25) is 0 Å². The molecule has 140 valence electrons. The first kappa shape index (κ1) is 18.2. The molecule has 0 aliphatic carbocycles. The number of aliphatic carboxylic acids is 1. The van der Waals surface area contributed by atoms with Crippen LogP contribution in [-0.2, 0) is 15.1 Å². The number of carboxylic acids is 1. The maximum atomic E-state index is 12.5. The van der Waals surface area contributed by atoms with Gasteiger partial charge >= 0.3 is 5.97 Å². The lowest BCUT2D eigenvalue weighted by atomic mass is 10.1. The van der Waals surface area contributed by atoms with Crippen molar-refractivity contribution < 1.29 is 14.7 Å². The minimum Gasteiger partial charge on any atom is -0.479 e. The third kappa shape index (κ3) is 3.68. The number of anilines is 1. The number of hydrogen-bond donors (Lipinski definition) is 2. The second-order valence-electron chi connectivity index (χ2n) is 6.50. The fraction of sp³-hybridized carbons (Fsp3) is 0.294. The van der Waals surface area contributed by atoms with Gasteiger partial charge < -0.3 is 10.4 Å². The van der Waals surface area contributed by atoms with Gasteiger partial charge in [0.25, 0.3) is 5.91 Å². The molecule has 0 fully saturated rings. The molecule has 1 unspecified atom stereocenters. The molecule has 0 saturated carbocycles. The third-order valence-corrected chi connectivity index (χ3v) is 4.13. The number of nitrogens with one attached hydrogen (secondary N) is 1. The van der Waals surface area contributed by atoms with Crippen LogP contribution in [-0.4, -0.2) is 47.0 Å². The van der Waals surface area contributed by atoms with E-state index < -0.39 is 17.6 Å². The molecule has 10 nitrogen and oxygen atoms in total. The van der Waals surface area contributed by atoms with Gasteiger partial charge in [-0.25, -0.2) is 4.79 Å². The molecule has 0 spiro atoms. The number of carbonyl (C=O) groups excluding carboxylic acids is 1. The first-order valence-corrected chi connectivity index (χ1v) is 8.23. The molecule has 27 heavy (non-hydrogen) atoms. The van der Waals surface area contributed by atoms with E-state index in [9.17, 15) is 14.7 Å². The van der Waals surface area contributed by atoms with Gasteiger partial charge in [0.2, 0.25) is 5.82 Å². The van der Waals surface area contributed by atoms with Gasteiger partial charge in [0.05, 0.1) is 11.9 Å². The summed E-state index contributed by atoms with van der Waals surface area (Å²) in [4.78, 5) is 25.0. The van der Waals surface area contributed by atoms with Gasteiger partial charge in [-0.3, -0.25) is 9.48 Å². The molecule has 0 aliphatic heterocycles. The zero-order valence-electron chi connectivity index (χ0n) is 15.1. The lowest BCUT2D eigenvalue weighted by molar-refractivity contribution is -0.146. The van der Waals surface area contributed by atoms with E-state index in [1.165, 1.54) is 35.7 Å². The maximum Gasteiger partial charge on any atom is 0.331 e. The minimum absolute atomic E-state index is 0.375. The van der Waals surface area contributed by atoms with E-state index in [2.05, 4.69) is 25.8 Å². The monoisotopic (exact) mass is 369 g/mol. The van der Waals surface area contributed by atoms with Crippen LogP contribution >= 0.6 is 0 Å². The Morgan fingerprint density at radius 3 is 2.59 bits per heavy atom. The Labute approximate surface area is 154 Å². The van der Waals surface area contributed by atoms with Crippen LogP contribution in [0.1, 0.15) is 26.8 Å². The number of benzene rings is 1. The summed E-state index contributed by atoms with van der Waals surface area (Å²) in [7, 11) is 0. The number of hydrogen-bond acceptors (Lipinski definition) is 6. The Balaban J connectivity index is 1.71. The third-order valence-electron chi connectivity index (χ3n) is 4.13. The lowest BCUT2D eigenvalue weighted by Crippen LogP contribution is -2.36. The molecule has 0 radical (unpaired) electrons. The van der Waals surface area contributed by atoms with E-state index in [4.69, 9.17) is 0 Å². The summed E-state index contributed by atoms with van der Waals surface area (Å²) in [6, 6.07) is 8.60. The van der Waals surface area contributed by atoms with Crippen LogP contribution in [0.15, 0.2) is 42.7 Å². The van der Waals surface area contributed by atoms with Crippen molar-refractivity contribution in [2.24, 2.45) is 0 Å². The number of carboxylic acid groups (broad SMARTS) is 1. The highest BCUT2D eigenvalue weighted by atomic mass is 16.4. The van der Waals surface area contributed by atoms with Crippen LogP contribution in [0.3, 0.4) is 0 Å². The summed E-state index contributed by atoms with van der Waals surface area (Å²) in [5.41, 5.74) is -0.0507. The normalized spacial score (nSPS) is 12.6. The fourth-order valence-corrected chi connectivity index (χ4v) is 2.23. The molecule has 1 atom stereocenters. The Morgan fingerprint density at radius 2 is 1.93 bits per heavy atom. The first-order valence-electron chi connectivity index (χ1n) is 8.23. The number of amides is 1. The second kappa shape index (κ2) is 6.98. The van der Waals surface area contributed by atoms with Crippen molar-refractivity contribution >= 4 is 17.6 Å². The molecule has 10 heteroatoms. The Kier molecular flexibility index (Phi) is 4.72. The number of nitrogens with zero attached hydrogens (tertiary/aromatic N) is 6. The molecule has 2 aromatic heterocycles. The molecule has 1 amide bonds. The predicted octanol–water partition coefficient (Wildman–Crippen LogP) is 1.56. The van der Waals surface area contributed by atoms with Crippen LogP contribution < -0.4 is 5.32 Å². The SMILES string of the molecule is CC(C(=O)Nc1cnn(C(C)(C)C(=O)O)c1)n1nnc(-c2ccccc2)n1. The van der Waals surface area contributed by atoms with Crippen LogP contribution in [0.5, 0.6) is 0 Å². The zero-order valence-corrected chi connectivity index (χ0v) is 15.1.